The van der Waals surface area contributed by atoms with Crippen LogP contribution in [0.1, 0.15) is 25.3 Å². The van der Waals surface area contributed by atoms with Crippen molar-refractivity contribution < 1.29 is 9.18 Å². The molecule has 0 radical (unpaired) electrons. The first-order valence-electron chi connectivity index (χ1n) is 4.52. The van der Waals surface area contributed by atoms with Gasteiger partial charge in [-0.15, -0.1) is 0 Å². The summed E-state index contributed by atoms with van der Waals surface area (Å²) in [6.45, 7) is 3.41. The van der Waals surface area contributed by atoms with E-state index in [0.717, 1.165) is 5.56 Å². The Morgan fingerprint density at radius 3 is 2.47 bits per heavy atom. The third-order valence-corrected chi connectivity index (χ3v) is 4.13. The van der Waals surface area contributed by atoms with Crippen LogP contribution in [-0.4, -0.2) is 10.6 Å². The average molecular weight is 338 g/mol. The van der Waals surface area contributed by atoms with E-state index in [2.05, 4.69) is 31.9 Å². The van der Waals surface area contributed by atoms with Gasteiger partial charge in [-0.3, -0.25) is 4.79 Å². The standard InChI is InChI=1S/C11H11Br2FO/c1-6(11(13)7(2)15)8-3-9(12)5-10(14)4-8/h3-6,11H,1-2H3. The van der Waals surface area contributed by atoms with Crippen molar-refractivity contribution in [2.75, 3.05) is 0 Å². The molecule has 0 aromatic heterocycles. The molecule has 0 saturated carbocycles. The van der Waals surface area contributed by atoms with E-state index in [1.165, 1.54) is 19.1 Å². The summed E-state index contributed by atoms with van der Waals surface area (Å²) >= 11 is 6.53. The highest BCUT2D eigenvalue weighted by atomic mass is 79.9. The summed E-state index contributed by atoms with van der Waals surface area (Å²) in [5.41, 5.74) is 0.805. The molecule has 1 nitrogen and oxygen atoms in total. The van der Waals surface area contributed by atoms with Gasteiger partial charge in [-0.2, -0.15) is 0 Å². The lowest BCUT2D eigenvalue weighted by Gasteiger charge is -2.16. The van der Waals surface area contributed by atoms with Crippen molar-refractivity contribution in [2.24, 2.45) is 0 Å². The van der Waals surface area contributed by atoms with Crippen LogP contribution in [0.4, 0.5) is 4.39 Å². The maximum atomic E-state index is 13.1. The second-order valence-corrected chi connectivity index (χ2v) is 5.41. The second kappa shape index (κ2) is 5.21. The fourth-order valence-corrected chi connectivity index (χ4v) is 2.15. The quantitative estimate of drug-likeness (QED) is 0.760. The van der Waals surface area contributed by atoms with Crippen molar-refractivity contribution in [1.82, 2.24) is 0 Å². The number of carbonyl (C=O) groups excluding carboxylic acids is 1. The van der Waals surface area contributed by atoms with E-state index in [4.69, 9.17) is 0 Å². The normalized spacial score (nSPS) is 14.7. The third-order valence-electron chi connectivity index (χ3n) is 2.24. The van der Waals surface area contributed by atoms with Gasteiger partial charge in [0, 0.05) is 10.4 Å². The zero-order chi connectivity index (χ0) is 11.6. The zero-order valence-electron chi connectivity index (χ0n) is 8.43. The second-order valence-electron chi connectivity index (χ2n) is 3.50. The molecular weight excluding hydrogens is 327 g/mol. The molecule has 82 valence electrons. The molecule has 0 saturated heterocycles. The van der Waals surface area contributed by atoms with Gasteiger partial charge in [-0.05, 0) is 30.7 Å². The van der Waals surface area contributed by atoms with Crippen LogP contribution in [0.3, 0.4) is 0 Å². The Labute approximate surface area is 105 Å². The molecule has 0 heterocycles. The Kier molecular flexibility index (Phi) is 4.46. The topological polar surface area (TPSA) is 17.1 Å². The summed E-state index contributed by atoms with van der Waals surface area (Å²) in [6.07, 6.45) is 0. The fraction of sp³-hybridized carbons (Fsp3) is 0.364. The number of rotatable bonds is 3. The van der Waals surface area contributed by atoms with Crippen molar-refractivity contribution in [3.05, 3.63) is 34.1 Å². The number of alkyl halides is 1. The van der Waals surface area contributed by atoms with E-state index in [0.29, 0.717) is 4.47 Å². The van der Waals surface area contributed by atoms with Crippen LogP contribution in [-0.2, 0) is 4.79 Å². The van der Waals surface area contributed by atoms with E-state index in [1.807, 2.05) is 13.0 Å². The lowest BCUT2D eigenvalue weighted by molar-refractivity contribution is -0.116. The molecule has 0 amide bonds. The Bertz CT molecular complexity index is 359. The fourth-order valence-electron chi connectivity index (χ4n) is 1.36. The molecule has 4 heteroatoms. The number of carbonyl (C=O) groups is 1. The van der Waals surface area contributed by atoms with Gasteiger partial charge < -0.3 is 0 Å². The zero-order valence-corrected chi connectivity index (χ0v) is 11.6. The predicted octanol–water partition coefficient (Wildman–Crippen LogP) is 4.04. The van der Waals surface area contributed by atoms with Crippen LogP contribution >= 0.6 is 31.9 Å². The van der Waals surface area contributed by atoms with Gasteiger partial charge in [0.15, 0.2) is 0 Å². The maximum Gasteiger partial charge on any atom is 0.144 e. The molecule has 0 aliphatic rings. The molecule has 0 aliphatic heterocycles. The summed E-state index contributed by atoms with van der Waals surface area (Å²) in [7, 11) is 0. The van der Waals surface area contributed by atoms with Gasteiger partial charge >= 0.3 is 0 Å². The van der Waals surface area contributed by atoms with Crippen LogP contribution in [0.5, 0.6) is 0 Å². The minimum atomic E-state index is -0.297. The molecular formula is C11H11Br2FO. The minimum absolute atomic E-state index is 0.0443. The van der Waals surface area contributed by atoms with Crippen molar-refractivity contribution in [1.29, 1.82) is 0 Å². The number of ketones is 1. The van der Waals surface area contributed by atoms with Gasteiger partial charge in [0.1, 0.15) is 11.6 Å². The average Bonchev–Trinajstić information content (AvgIpc) is 2.13. The molecule has 0 bridgehead atoms. The number of benzene rings is 1. The summed E-state index contributed by atoms with van der Waals surface area (Å²) in [5, 5.41) is 0. The Morgan fingerprint density at radius 1 is 1.40 bits per heavy atom. The van der Waals surface area contributed by atoms with Crippen molar-refractivity contribution in [3.8, 4) is 0 Å². The lowest BCUT2D eigenvalue weighted by Crippen LogP contribution is -2.17. The minimum Gasteiger partial charge on any atom is -0.299 e. The Morgan fingerprint density at radius 2 is 2.00 bits per heavy atom. The first kappa shape index (κ1) is 12.8. The highest BCUT2D eigenvalue weighted by molar-refractivity contribution is 9.10. The summed E-state index contributed by atoms with van der Waals surface area (Å²) < 4.78 is 13.8. The molecule has 15 heavy (non-hydrogen) atoms. The van der Waals surface area contributed by atoms with Crippen LogP contribution in [0.15, 0.2) is 22.7 Å². The molecule has 1 rings (SSSR count). The smallest absolute Gasteiger partial charge is 0.144 e. The van der Waals surface area contributed by atoms with E-state index in [-0.39, 0.29) is 22.3 Å². The van der Waals surface area contributed by atoms with Gasteiger partial charge in [0.05, 0.1) is 4.83 Å². The number of Topliss-reactive ketones (excluding diaryl/α,β-unsaturated/α-hetero) is 1. The van der Waals surface area contributed by atoms with E-state index in [9.17, 15) is 9.18 Å². The molecule has 1 aromatic rings. The highest BCUT2D eigenvalue weighted by Crippen LogP contribution is 2.28. The molecule has 0 aliphatic carbocycles. The Balaban J connectivity index is 3.00. The predicted molar refractivity (Wildman–Crippen MR) is 65.9 cm³/mol. The number of hydrogen-bond acceptors (Lipinski definition) is 1. The third kappa shape index (κ3) is 3.38. The lowest BCUT2D eigenvalue weighted by atomic mass is 9.96. The summed E-state index contributed by atoms with van der Waals surface area (Å²) in [5.74, 6) is -0.299. The molecule has 0 N–H and O–H groups in total. The Hall–Kier alpha value is -0.220. The first-order valence-corrected chi connectivity index (χ1v) is 6.23. The van der Waals surface area contributed by atoms with Crippen molar-refractivity contribution in [3.63, 3.8) is 0 Å². The maximum absolute atomic E-state index is 13.1. The van der Waals surface area contributed by atoms with E-state index in [1.54, 1.807) is 0 Å². The van der Waals surface area contributed by atoms with E-state index < -0.39 is 0 Å². The first-order chi connectivity index (χ1) is 6.91. The van der Waals surface area contributed by atoms with Gasteiger partial charge in [-0.25, -0.2) is 4.39 Å². The van der Waals surface area contributed by atoms with Crippen molar-refractivity contribution >= 4 is 37.6 Å². The van der Waals surface area contributed by atoms with Gasteiger partial charge in [0.25, 0.3) is 0 Å². The monoisotopic (exact) mass is 336 g/mol. The largest absolute Gasteiger partial charge is 0.299 e. The number of halogens is 3. The van der Waals surface area contributed by atoms with Crippen LogP contribution in [0.2, 0.25) is 0 Å². The summed E-state index contributed by atoms with van der Waals surface area (Å²) in [4.78, 5) is 10.9. The highest BCUT2D eigenvalue weighted by Gasteiger charge is 2.20. The van der Waals surface area contributed by atoms with Crippen LogP contribution in [0, 0.1) is 5.82 Å². The number of hydrogen-bond donors (Lipinski definition) is 0. The van der Waals surface area contributed by atoms with Gasteiger partial charge in [0.2, 0.25) is 0 Å². The van der Waals surface area contributed by atoms with Crippen molar-refractivity contribution in [2.45, 2.75) is 24.6 Å². The van der Waals surface area contributed by atoms with Gasteiger partial charge in [-0.1, -0.05) is 38.8 Å². The molecule has 1 aromatic carbocycles. The van der Waals surface area contributed by atoms with E-state index >= 15 is 0 Å². The summed E-state index contributed by atoms with van der Waals surface area (Å²) in [6, 6.07) is 4.67. The molecule has 2 atom stereocenters. The molecule has 0 spiro atoms. The van der Waals surface area contributed by atoms with Crippen LogP contribution < -0.4 is 0 Å². The molecule has 0 fully saturated rings. The SMILES string of the molecule is CC(=O)C(Br)C(C)c1cc(F)cc(Br)c1. The van der Waals surface area contributed by atoms with Crippen LogP contribution in [0.25, 0.3) is 0 Å². The molecule has 2 unspecified atom stereocenters.